The predicted molar refractivity (Wildman–Crippen MR) is 111 cm³/mol. The minimum Gasteiger partial charge on any atom is -0.303 e. The molecule has 1 spiro atoms. The third-order valence-electron chi connectivity index (χ3n) is 6.38. The van der Waals surface area contributed by atoms with Crippen LogP contribution in [0.2, 0.25) is 5.02 Å². The van der Waals surface area contributed by atoms with Gasteiger partial charge in [0.25, 0.3) is 0 Å². The lowest BCUT2D eigenvalue weighted by Crippen LogP contribution is -2.47. The molecule has 140 valence electrons. The van der Waals surface area contributed by atoms with E-state index in [1.54, 1.807) is 0 Å². The highest BCUT2D eigenvalue weighted by molar-refractivity contribution is 6.30. The Kier molecular flexibility index (Phi) is 4.34. The van der Waals surface area contributed by atoms with Crippen LogP contribution in [0, 0.1) is 0 Å². The van der Waals surface area contributed by atoms with Gasteiger partial charge >= 0.3 is 0 Å². The normalized spacial score (nSPS) is 28.8. The van der Waals surface area contributed by atoms with Gasteiger partial charge in [0.15, 0.2) is 0 Å². The van der Waals surface area contributed by atoms with Gasteiger partial charge in [-0.3, -0.25) is 9.89 Å². The Morgan fingerprint density at radius 3 is 2.37 bits per heavy atom. The van der Waals surface area contributed by atoms with Crippen LogP contribution in [0.1, 0.15) is 43.4 Å². The largest absolute Gasteiger partial charge is 0.303 e. The number of piperidine rings is 1. The Morgan fingerprint density at radius 2 is 1.70 bits per heavy atom. The molecule has 3 atom stereocenters. The van der Waals surface area contributed by atoms with Crippen LogP contribution in [0.3, 0.4) is 0 Å². The number of nitrogens with zero attached hydrogens (tertiary/aromatic N) is 3. The third-order valence-corrected chi connectivity index (χ3v) is 6.63. The molecular weight excluding hydrogens is 354 g/mol. The molecule has 5 rings (SSSR count). The van der Waals surface area contributed by atoms with Crippen molar-refractivity contribution in [3.63, 3.8) is 0 Å². The summed E-state index contributed by atoms with van der Waals surface area (Å²) in [4.78, 5) is 10.6. The molecule has 0 bridgehead atoms. The lowest BCUT2D eigenvalue weighted by molar-refractivity contribution is 0.0956. The molecule has 3 aliphatic heterocycles. The summed E-state index contributed by atoms with van der Waals surface area (Å²) in [5.74, 6) is 0. The SMILES string of the molecule is CCCN1CCC2(CC1)N=C(c1ccc(Cl)cc1)[C@@H]1[C@@H](c3ccccc3)N12. The zero-order chi connectivity index (χ0) is 18.4. The van der Waals surface area contributed by atoms with Gasteiger partial charge in [0, 0.05) is 18.1 Å². The maximum Gasteiger partial charge on any atom is 0.117 e. The van der Waals surface area contributed by atoms with E-state index in [4.69, 9.17) is 16.6 Å². The van der Waals surface area contributed by atoms with Crippen molar-refractivity contribution in [2.45, 2.75) is 43.9 Å². The highest BCUT2D eigenvalue weighted by Crippen LogP contribution is 2.58. The monoisotopic (exact) mass is 379 g/mol. The molecule has 3 nitrogen and oxygen atoms in total. The van der Waals surface area contributed by atoms with Crippen molar-refractivity contribution >= 4 is 17.3 Å². The van der Waals surface area contributed by atoms with Gasteiger partial charge < -0.3 is 4.90 Å². The molecule has 2 fully saturated rings. The molecule has 0 N–H and O–H groups in total. The number of halogens is 1. The fraction of sp³-hybridized carbons (Fsp3) is 0.435. The summed E-state index contributed by atoms with van der Waals surface area (Å²) in [7, 11) is 0. The van der Waals surface area contributed by atoms with Crippen LogP contribution >= 0.6 is 11.6 Å². The Balaban J connectivity index is 1.49. The standard InChI is InChI=1S/C23H26ClN3/c1-2-14-26-15-12-23(13-16-26)25-20(17-8-10-19(24)11-9-17)22-21(27(22)23)18-6-4-3-5-7-18/h3-11,21-22H,2,12-16H2,1H3/t21-,22-,27?/m1/s1. The highest BCUT2D eigenvalue weighted by Gasteiger charge is 2.65. The molecule has 27 heavy (non-hydrogen) atoms. The maximum absolute atomic E-state index is 6.12. The number of benzene rings is 2. The molecule has 0 radical (unpaired) electrons. The first-order valence-corrected chi connectivity index (χ1v) is 10.5. The fourth-order valence-corrected chi connectivity index (χ4v) is 5.17. The second kappa shape index (κ2) is 6.73. The van der Waals surface area contributed by atoms with Gasteiger partial charge in [0.05, 0.1) is 17.8 Å². The summed E-state index contributed by atoms with van der Waals surface area (Å²) in [6.45, 7) is 5.77. The molecule has 0 aliphatic carbocycles. The first-order valence-electron chi connectivity index (χ1n) is 10.1. The predicted octanol–water partition coefficient (Wildman–Crippen LogP) is 4.77. The summed E-state index contributed by atoms with van der Waals surface area (Å²) < 4.78 is 0. The van der Waals surface area contributed by atoms with Crippen molar-refractivity contribution in [1.29, 1.82) is 0 Å². The number of rotatable bonds is 4. The molecule has 1 unspecified atom stereocenters. The summed E-state index contributed by atoms with van der Waals surface area (Å²) in [5.41, 5.74) is 3.87. The lowest BCUT2D eigenvalue weighted by atomic mass is 9.95. The van der Waals surface area contributed by atoms with Gasteiger partial charge in [0.2, 0.25) is 0 Å². The van der Waals surface area contributed by atoms with Crippen molar-refractivity contribution in [1.82, 2.24) is 9.80 Å². The highest BCUT2D eigenvalue weighted by atomic mass is 35.5. The van der Waals surface area contributed by atoms with Crippen molar-refractivity contribution in [2.24, 2.45) is 4.99 Å². The lowest BCUT2D eigenvalue weighted by Gasteiger charge is -2.39. The van der Waals surface area contributed by atoms with Gasteiger partial charge in [-0.15, -0.1) is 0 Å². The Morgan fingerprint density at radius 1 is 1.00 bits per heavy atom. The van der Waals surface area contributed by atoms with Crippen LogP contribution in [-0.4, -0.2) is 46.9 Å². The van der Waals surface area contributed by atoms with E-state index in [1.807, 2.05) is 12.1 Å². The zero-order valence-electron chi connectivity index (χ0n) is 15.8. The number of hydrogen-bond acceptors (Lipinski definition) is 3. The number of aliphatic imine (C=N–C) groups is 1. The van der Waals surface area contributed by atoms with Gasteiger partial charge in [-0.2, -0.15) is 0 Å². The van der Waals surface area contributed by atoms with Crippen LogP contribution in [0.15, 0.2) is 59.6 Å². The molecule has 3 aliphatic rings. The smallest absolute Gasteiger partial charge is 0.117 e. The van der Waals surface area contributed by atoms with Crippen molar-refractivity contribution in [3.05, 3.63) is 70.7 Å². The van der Waals surface area contributed by atoms with E-state index >= 15 is 0 Å². The van der Waals surface area contributed by atoms with E-state index < -0.39 is 0 Å². The van der Waals surface area contributed by atoms with Gasteiger partial charge in [0.1, 0.15) is 5.66 Å². The van der Waals surface area contributed by atoms with Crippen molar-refractivity contribution < 1.29 is 0 Å². The zero-order valence-corrected chi connectivity index (χ0v) is 16.6. The van der Waals surface area contributed by atoms with Crippen LogP contribution in [-0.2, 0) is 0 Å². The van der Waals surface area contributed by atoms with Crippen molar-refractivity contribution in [2.75, 3.05) is 19.6 Å². The molecule has 2 aromatic rings. The van der Waals surface area contributed by atoms with Crippen molar-refractivity contribution in [3.8, 4) is 0 Å². The van der Waals surface area contributed by atoms with Gasteiger partial charge in [-0.05, 0) is 49.1 Å². The molecular formula is C23H26ClN3. The summed E-state index contributed by atoms with van der Waals surface area (Å²) in [6, 6.07) is 20.0. The van der Waals surface area contributed by atoms with E-state index in [0.29, 0.717) is 12.1 Å². The van der Waals surface area contributed by atoms with Crippen LogP contribution in [0.4, 0.5) is 0 Å². The first kappa shape index (κ1) is 17.4. The van der Waals surface area contributed by atoms with E-state index in [9.17, 15) is 0 Å². The second-order valence-corrected chi connectivity index (χ2v) is 8.47. The number of hydrogen-bond donors (Lipinski definition) is 0. The third kappa shape index (κ3) is 2.93. The summed E-state index contributed by atoms with van der Waals surface area (Å²) in [5, 5.41) is 0.784. The first-order chi connectivity index (χ1) is 13.2. The summed E-state index contributed by atoms with van der Waals surface area (Å²) >= 11 is 6.12. The minimum absolute atomic E-state index is 0.0234. The van der Waals surface area contributed by atoms with Gasteiger partial charge in [-0.25, -0.2) is 0 Å². The van der Waals surface area contributed by atoms with Crippen LogP contribution < -0.4 is 0 Å². The maximum atomic E-state index is 6.12. The van der Waals surface area contributed by atoms with Crippen LogP contribution in [0.25, 0.3) is 0 Å². The average molecular weight is 380 g/mol. The molecule has 4 heteroatoms. The Bertz CT molecular complexity index is 838. The molecule has 2 saturated heterocycles. The topological polar surface area (TPSA) is 18.6 Å². The molecule has 0 aromatic heterocycles. The minimum atomic E-state index is -0.0234. The molecule has 2 aromatic carbocycles. The van der Waals surface area contributed by atoms with E-state index in [2.05, 4.69) is 59.2 Å². The Hall–Kier alpha value is -1.68. The van der Waals surface area contributed by atoms with Crippen LogP contribution in [0.5, 0.6) is 0 Å². The molecule has 0 saturated carbocycles. The van der Waals surface area contributed by atoms with E-state index in [-0.39, 0.29) is 5.66 Å². The summed E-state index contributed by atoms with van der Waals surface area (Å²) in [6.07, 6.45) is 3.49. The average Bonchev–Trinajstić information content (AvgIpc) is 3.38. The Labute approximate surface area is 166 Å². The number of likely N-dealkylation sites (tertiary alicyclic amines) is 1. The van der Waals surface area contributed by atoms with E-state index in [1.165, 1.54) is 29.8 Å². The fourth-order valence-electron chi connectivity index (χ4n) is 5.05. The second-order valence-electron chi connectivity index (χ2n) is 8.04. The van der Waals surface area contributed by atoms with Gasteiger partial charge in [-0.1, -0.05) is 61.0 Å². The number of fused-ring (bicyclic) bond motifs is 2. The molecule has 3 heterocycles. The quantitative estimate of drug-likeness (QED) is 0.712. The molecule has 0 amide bonds. The van der Waals surface area contributed by atoms with E-state index in [0.717, 1.165) is 31.0 Å².